The standard InChI is InChI=1S/C19H27N/c1-4-11-20-17(12-13(2)3)19-16-10-9-14-7-5-6-8-15(14)18(16)19/h5-8,12,16-20H,4,9-11H2,1-3H3. The number of fused-ring (bicyclic) bond motifs is 3. The van der Waals surface area contributed by atoms with Crippen molar-refractivity contribution in [3.8, 4) is 0 Å². The molecule has 0 bridgehead atoms. The van der Waals surface area contributed by atoms with E-state index >= 15 is 0 Å². The van der Waals surface area contributed by atoms with Crippen LogP contribution in [0, 0.1) is 11.8 Å². The highest BCUT2D eigenvalue weighted by molar-refractivity contribution is 5.40. The molecule has 0 aromatic heterocycles. The average Bonchev–Trinajstić information content (AvgIpc) is 3.18. The summed E-state index contributed by atoms with van der Waals surface area (Å²) in [5.74, 6) is 2.54. The van der Waals surface area contributed by atoms with E-state index in [1.165, 1.54) is 24.8 Å². The third-order valence-electron chi connectivity index (χ3n) is 4.95. The molecule has 2 aliphatic rings. The van der Waals surface area contributed by atoms with Gasteiger partial charge in [0.1, 0.15) is 0 Å². The van der Waals surface area contributed by atoms with Crippen molar-refractivity contribution in [3.63, 3.8) is 0 Å². The van der Waals surface area contributed by atoms with Gasteiger partial charge in [-0.1, -0.05) is 42.8 Å². The van der Waals surface area contributed by atoms with Crippen LogP contribution in [0.3, 0.4) is 0 Å². The Balaban J connectivity index is 1.80. The highest BCUT2D eigenvalue weighted by Crippen LogP contribution is 2.61. The fourth-order valence-electron chi connectivity index (χ4n) is 4.09. The molecule has 1 aromatic carbocycles. The Morgan fingerprint density at radius 1 is 1.35 bits per heavy atom. The monoisotopic (exact) mass is 269 g/mol. The molecule has 0 amide bonds. The molecule has 108 valence electrons. The van der Waals surface area contributed by atoms with E-state index < -0.39 is 0 Å². The Morgan fingerprint density at radius 3 is 2.90 bits per heavy atom. The summed E-state index contributed by atoms with van der Waals surface area (Å²) in [6, 6.07) is 9.67. The van der Waals surface area contributed by atoms with Crippen LogP contribution >= 0.6 is 0 Å². The summed E-state index contributed by atoms with van der Waals surface area (Å²) in [7, 11) is 0. The summed E-state index contributed by atoms with van der Waals surface area (Å²) >= 11 is 0. The Morgan fingerprint density at radius 2 is 2.15 bits per heavy atom. The molecule has 20 heavy (non-hydrogen) atoms. The molecular weight excluding hydrogens is 242 g/mol. The number of allylic oxidation sites excluding steroid dienone is 1. The summed E-state index contributed by atoms with van der Waals surface area (Å²) in [5.41, 5.74) is 4.68. The summed E-state index contributed by atoms with van der Waals surface area (Å²) in [6.45, 7) is 7.83. The van der Waals surface area contributed by atoms with Crippen LogP contribution in [0.25, 0.3) is 0 Å². The molecule has 0 saturated heterocycles. The van der Waals surface area contributed by atoms with Crippen molar-refractivity contribution >= 4 is 0 Å². The van der Waals surface area contributed by atoms with E-state index in [1.54, 1.807) is 11.1 Å². The van der Waals surface area contributed by atoms with Crippen LogP contribution in [0.5, 0.6) is 0 Å². The van der Waals surface area contributed by atoms with Crippen LogP contribution in [0.1, 0.15) is 50.7 Å². The van der Waals surface area contributed by atoms with Crippen LogP contribution in [0.15, 0.2) is 35.9 Å². The van der Waals surface area contributed by atoms with Crippen molar-refractivity contribution in [2.24, 2.45) is 11.8 Å². The molecule has 1 nitrogen and oxygen atoms in total. The molecule has 0 aliphatic heterocycles. The van der Waals surface area contributed by atoms with Crippen LogP contribution < -0.4 is 5.32 Å². The highest BCUT2D eigenvalue weighted by Gasteiger charge is 2.55. The molecule has 0 spiro atoms. The zero-order chi connectivity index (χ0) is 14.1. The lowest BCUT2D eigenvalue weighted by atomic mass is 9.92. The molecule has 1 saturated carbocycles. The van der Waals surface area contributed by atoms with E-state index in [0.29, 0.717) is 6.04 Å². The van der Waals surface area contributed by atoms with Crippen LogP contribution in [-0.4, -0.2) is 12.6 Å². The van der Waals surface area contributed by atoms with E-state index in [1.807, 2.05) is 0 Å². The minimum atomic E-state index is 0.570. The Labute approximate surface area is 123 Å². The van der Waals surface area contributed by atoms with Gasteiger partial charge in [0.2, 0.25) is 0 Å². The van der Waals surface area contributed by atoms with Gasteiger partial charge in [-0.15, -0.1) is 0 Å². The second-order valence-electron chi connectivity index (χ2n) is 6.73. The number of nitrogens with one attached hydrogen (secondary N) is 1. The van der Waals surface area contributed by atoms with Crippen molar-refractivity contribution in [1.82, 2.24) is 5.32 Å². The summed E-state index contributed by atoms with van der Waals surface area (Å²) in [4.78, 5) is 0. The van der Waals surface area contributed by atoms with Gasteiger partial charge in [-0.2, -0.15) is 0 Å². The van der Waals surface area contributed by atoms with Crippen LogP contribution in [-0.2, 0) is 6.42 Å². The molecule has 4 atom stereocenters. The predicted molar refractivity (Wildman–Crippen MR) is 86.0 cm³/mol. The number of rotatable bonds is 5. The van der Waals surface area contributed by atoms with Crippen molar-refractivity contribution in [1.29, 1.82) is 0 Å². The first kappa shape index (κ1) is 13.9. The van der Waals surface area contributed by atoms with Crippen molar-refractivity contribution < 1.29 is 0 Å². The maximum Gasteiger partial charge on any atom is 0.0289 e. The van der Waals surface area contributed by atoms with Gasteiger partial charge in [0.25, 0.3) is 0 Å². The minimum Gasteiger partial charge on any atom is -0.310 e. The molecule has 0 heterocycles. The first-order chi connectivity index (χ1) is 9.72. The third kappa shape index (κ3) is 2.56. The summed E-state index contributed by atoms with van der Waals surface area (Å²) in [6.07, 6.45) is 6.34. The zero-order valence-electron chi connectivity index (χ0n) is 13.0. The lowest BCUT2D eigenvalue weighted by molar-refractivity contribution is 0.498. The fraction of sp³-hybridized carbons (Fsp3) is 0.579. The normalized spacial score (nSPS) is 28.2. The maximum atomic E-state index is 3.77. The first-order valence-corrected chi connectivity index (χ1v) is 8.18. The zero-order valence-corrected chi connectivity index (χ0v) is 13.0. The van der Waals surface area contributed by atoms with Crippen molar-refractivity contribution in [2.75, 3.05) is 6.54 Å². The molecule has 3 rings (SSSR count). The molecule has 0 radical (unpaired) electrons. The molecule has 4 unspecified atom stereocenters. The van der Waals surface area contributed by atoms with E-state index in [0.717, 1.165) is 24.3 Å². The minimum absolute atomic E-state index is 0.570. The highest BCUT2D eigenvalue weighted by atomic mass is 14.9. The van der Waals surface area contributed by atoms with Gasteiger partial charge in [0, 0.05) is 6.04 Å². The third-order valence-corrected chi connectivity index (χ3v) is 4.95. The van der Waals surface area contributed by atoms with Gasteiger partial charge in [0.15, 0.2) is 0 Å². The van der Waals surface area contributed by atoms with Gasteiger partial charge in [-0.05, 0) is 68.5 Å². The molecule has 1 fully saturated rings. The molecular formula is C19H27N. The van der Waals surface area contributed by atoms with E-state index in [2.05, 4.69) is 56.4 Å². The van der Waals surface area contributed by atoms with E-state index in [4.69, 9.17) is 0 Å². The smallest absolute Gasteiger partial charge is 0.0289 e. The van der Waals surface area contributed by atoms with Gasteiger partial charge in [-0.3, -0.25) is 0 Å². The maximum absolute atomic E-state index is 3.77. The first-order valence-electron chi connectivity index (χ1n) is 8.18. The number of hydrogen-bond acceptors (Lipinski definition) is 1. The van der Waals surface area contributed by atoms with E-state index in [-0.39, 0.29) is 0 Å². The molecule has 1 aromatic rings. The number of benzene rings is 1. The van der Waals surface area contributed by atoms with Gasteiger partial charge in [-0.25, -0.2) is 0 Å². The van der Waals surface area contributed by atoms with Crippen LogP contribution in [0.2, 0.25) is 0 Å². The predicted octanol–water partition coefficient (Wildman–Crippen LogP) is 4.30. The fourth-order valence-corrected chi connectivity index (χ4v) is 4.09. The Hall–Kier alpha value is -1.08. The average molecular weight is 269 g/mol. The second-order valence-corrected chi connectivity index (χ2v) is 6.73. The largest absolute Gasteiger partial charge is 0.310 e. The van der Waals surface area contributed by atoms with Crippen molar-refractivity contribution in [2.45, 2.75) is 52.0 Å². The molecule has 2 aliphatic carbocycles. The SMILES string of the molecule is CCCNC(C=C(C)C)C1C2CCc3ccccc3C21. The lowest BCUT2D eigenvalue weighted by Crippen LogP contribution is -2.31. The van der Waals surface area contributed by atoms with E-state index in [9.17, 15) is 0 Å². The van der Waals surface area contributed by atoms with Gasteiger partial charge >= 0.3 is 0 Å². The van der Waals surface area contributed by atoms with Crippen LogP contribution in [0.4, 0.5) is 0 Å². The molecule has 1 heteroatoms. The Kier molecular flexibility index (Phi) is 3.98. The Bertz CT molecular complexity index is 498. The molecule has 1 N–H and O–H groups in total. The quantitative estimate of drug-likeness (QED) is 0.786. The summed E-state index contributed by atoms with van der Waals surface area (Å²) in [5, 5.41) is 3.77. The number of aryl methyl sites for hydroxylation is 1. The van der Waals surface area contributed by atoms with Gasteiger partial charge in [0.05, 0.1) is 0 Å². The topological polar surface area (TPSA) is 12.0 Å². The van der Waals surface area contributed by atoms with Crippen molar-refractivity contribution in [3.05, 3.63) is 47.0 Å². The second kappa shape index (κ2) is 5.73. The lowest BCUT2D eigenvalue weighted by Gasteiger charge is -2.16. The number of hydrogen-bond donors (Lipinski definition) is 1. The van der Waals surface area contributed by atoms with Gasteiger partial charge < -0.3 is 5.32 Å². The summed E-state index contributed by atoms with van der Waals surface area (Å²) < 4.78 is 0.